The Hall–Kier alpha value is -0.0800. The molecule has 1 fully saturated rings. The van der Waals surface area contributed by atoms with Crippen molar-refractivity contribution in [3.8, 4) is 0 Å². The molecule has 0 spiro atoms. The standard InChI is InChI=1S/C12H26N2/c1-5-7-12(3,4)14-8-6-11(9-14)10(2)13/h10-11H,5-9,13H2,1-4H3/t10?,11-/m1/s1. The maximum absolute atomic E-state index is 5.95. The van der Waals surface area contributed by atoms with E-state index in [1.54, 1.807) is 0 Å². The van der Waals surface area contributed by atoms with Gasteiger partial charge in [0, 0.05) is 18.1 Å². The summed E-state index contributed by atoms with van der Waals surface area (Å²) in [6, 6.07) is 0.359. The third-order valence-electron chi connectivity index (χ3n) is 3.69. The van der Waals surface area contributed by atoms with Crippen LogP contribution in [-0.2, 0) is 0 Å². The van der Waals surface area contributed by atoms with Crippen molar-refractivity contribution in [3.63, 3.8) is 0 Å². The molecule has 0 amide bonds. The van der Waals surface area contributed by atoms with E-state index in [2.05, 4.69) is 32.6 Å². The van der Waals surface area contributed by atoms with E-state index in [0.717, 1.165) is 0 Å². The van der Waals surface area contributed by atoms with E-state index in [9.17, 15) is 0 Å². The molecule has 1 unspecified atom stereocenters. The van der Waals surface area contributed by atoms with Crippen molar-refractivity contribution in [3.05, 3.63) is 0 Å². The lowest BCUT2D eigenvalue weighted by atomic mass is 9.96. The predicted molar refractivity (Wildman–Crippen MR) is 62.3 cm³/mol. The molecule has 0 aliphatic carbocycles. The molecule has 2 N–H and O–H groups in total. The molecule has 1 aliphatic rings. The summed E-state index contributed by atoms with van der Waals surface area (Å²) in [5.41, 5.74) is 6.32. The quantitative estimate of drug-likeness (QED) is 0.750. The fraction of sp³-hybridized carbons (Fsp3) is 1.00. The minimum absolute atomic E-state index is 0.359. The Labute approximate surface area is 88.8 Å². The first-order chi connectivity index (χ1) is 6.47. The van der Waals surface area contributed by atoms with Crippen LogP contribution in [0, 0.1) is 5.92 Å². The molecular formula is C12H26N2. The Morgan fingerprint density at radius 3 is 2.57 bits per heavy atom. The number of rotatable bonds is 4. The lowest BCUT2D eigenvalue weighted by Gasteiger charge is -2.36. The summed E-state index contributed by atoms with van der Waals surface area (Å²) in [5, 5.41) is 0. The van der Waals surface area contributed by atoms with Crippen molar-refractivity contribution in [2.45, 2.75) is 58.5 Å². The molecule has 2 atom stereocenters. The zero-order chi connectivity index (χ0) is 10.8. The minimum atomic E-state index is 0.359. The van der Waals surface area contributed by atoms with Crippen molar-refractivity contribution < 1.29 is 0 Å². The summed E-state index contributed by atoms with van der Waals surface area (Å²) in [7, 11) is 0. The topological polar surface area (TPSA) is 29.3 Å². The molecule has 2 nitrogen and oxygen atoms in total. The Kier molecular flexibility index (Phi) is 3.96. The lowest BCUT2D eigenvalue weighted by Crippen LogP contribution is -2.43. The summed E-state index contributed by atoms with van der Waals surface area (Å²) < 4.78 is 0. The van der Waals surface area contributed by atoms with E-state index in [1.165, 1.54) is 32.4 Å². The van der Waals surface area contributed by atoms with Crippen molar-refractivity contribution in [2.24, 2.45) is 11.7 Å². The first-order valence-electron chi connectivity index (χ1n) is 5.98. The molecule has 1 saturated heterocycles. The Morgan fingerprint density at radius 2 is 2.14 bits per heavy atom. The number of hydrogen-bond donors (Lipinski definition) is 1. The molecule has 0 bridgehead atoms. The highest BCUT2D eigenvalue weighted by Gasteiger charge is 2.33. The molecule has 2 heteroatoms. The van der Waals surface area contributed by atoms with Gasteiger partial charge in [0.15, 0.2) is 0 Å². The largest absolute Gasteiger partial charge is 0.328 e. The highest BCUT2D eigenvalue weighted by Crippen LogP contribution is 2.28. The number of likely N-dealkylation sites (tertiary alicyclic amines) is 1. The van der Waals surface area contributed by atoms with Gasteiger partial charge in [-0.25, -0.2) is 0 Å². The van der Waals surface area contributed by atoms with Crippen LogP contribution in [0.1, 0.15) is 47.0 Å². The van der Waals surface area contributed by atoms with Crippen LogP contribution in [0.2, 0.25) is 0 Å². The summed E-state index contributed by atoms with van der Waals surface area (Å²) in [6.07, 6.45) is 3.84. The zero-order valence-electron chi connectivity index (χ0n) is 10.2. The maximum atomic E-state index is 5.95. The van der Waals surface area contributed by atoms with Gasteiger partial charge in [-0.15, -0.1) is 0 Å². The molecule has 1 rings (SSSR count). The fourth-order valence-corrected chi connectivity index (χ4v) is 2.54. The van der Waals surface area contributed by atoms with Crippen molar-refractivity contribution >= 4 is 0 Å². The Morgan fingerprint density at radius 1 is 1.50 bits per heavy atom. The molecule has 0 aromatic rings. The molecule has 84 valence electrons. The van der Waals surface area contributed by atoms with Gasteiger partial charge in [-0.3, -0.25) is 4.90 Å². The van der Waals surface area contributed by atoms with E-state index in [4.69, 9.17) is 5.73 Å². The zero-order valence-corrected chi connectivity index (χ0v) is 10.2. The van der Waals surface area contributed by atoms with Crippen LogP contribution in [0.5, 0.6) is 0 Å². The van der Waals surface area contributed by atoms with Gasteiger partial charge >= 0.3 is 0 Å². The summed E-state index contributed by atoms with van der Waals surface area (Å²) in [5.74, 6) is 0.714. The molecule has 0 radical (unpaired) electrons. The van der Waals surface area contributed by atoms with Crippen LogP contribution >= 0.6 is 0 Å². The van der Waals surface area contributed by atoms with Crippen LogP contribution in [0.3, 0.4) is 0 Å². The predicted octanol–water partition coefficient (Wildman–Crippen LogP) is 2.23. The molecule has 0 saturated carbocycles. The van der Waals surface area contributed by atoms with Crippen molar-refractivity contribution in [1.82, 2.24) is 4.90 Å². The van der Waals surface area contributed by atoms with Gasteiger partial charge in [-0.1, -0.05) is 13.3 Å². The van der Waals surface area contributed by atoms with Gasteiger partial charge in [0.25, 0.3) is 0 Å². The summed E-state index contributed by atoms with van der Waals surface area (Å²) >= 11 is 0. The first kappa shape index (κ1) is 12.0. The second-order valence-corrected chi connectivity index (χ2v) is 5.42. The van der Waals surface area contributed by atoms with Gasteiger partial charge in [-0.05, 0) is 46.1 Å². The second kappa shape index (κ2) is 4.63. The van der Waals surface area contributed by atoms with Crippen LogP contribution in [0.15, 0.2) is 0 Å². The average molecular weight is 198 g/mol. The van der Waals surface area contributed by atoms with Crippen LogP contribution in [-0.4, -0.2) is 29.6 Å². The molecular weight excluding hydrogens is 172 g/mol. The smallest absolute Gasteiger partial charge is 0.0153 e. The molecule has 1 aliphatic heterocycles. The first-order valence-corrected chi connectivity index (χ1v) is 5.98. The molecule has 1 heterocycles. The number of nitrogens with zero attached hydrogens (tertiary/aromatic N) is 1. The Bertz CT molecular complexity index is 175. The van der Waals surface area contributed by atoms with Gasteiger partial charge in [0.2, 0.25) is 0 Å². The van der Waals surface area contributed by atoms with Crippen molar-refractivity contribution in [1.29, 1.82) is 0 Å². The minimum Gasteiger partial charge on any atom is -0.328 e. The normalized spacial score (nSPS) is 26.8. The van der Waals surface area contributed by atoms with Crippen LogP contribution in [0.4, 0.5) is 0 Å². The van der Waals surface area contributed by atoms with Gasteiger partial charge in [0.05, 0.1) is 0 Å². The van der Waals surface area contributed by atoms with E-state index in [-0.39, 0.29) is 0 Å². The Balaban J connectivity index is 2.48. The van der Waals surface area contributed by atoms with E-state index >= 15 is 0 Å². The number of hydrogen-bond acceptors (Lipinski definition) is 2. The van der Waals surface area contributed by atoms with Gasteiger partial charge in [-0.2, -0.15) is 0 Å². The summed E-state index contributed by atoms with van der Waals surface area (Å²) in [4.78, 5) is 2.62. The fourth-order valence-electron chi connectivity index (χ4n) is 2.54. The summed E-state index contributed by atoms with van der Waals surface area (Å²) in [6.45, 7) is 11.6. The third kappa shape index (κ3) is 2.71. The third-order valence-corrected chi connectivity index (χ3v) is 3.69. The average Bonchev–Trinajstić information content (AvgIpc) is 2.51. The molecule has 0 aromatic heterocycles. The lowest BCUT2D eigenvalue weighted by molar-refractivity contribution is 0.136. The highest BCUT2D eigenvalue weighted by molar-refractivity contribution is 4.89. The van der Waals surface area contributed by atoms with Gasteiger partial charge in [0.1, 0.15) is 0 Å². The van der Waals surface area contributed by atoms with Crippen molar-refractivity contribution in [2.75, 3.05) is 13.1 Å². The van der Waals surface area contributed by atoms with Crippen LogP contribution in [0.25, 0.3) is 0 Å². The van der Waals surface area contributed by atoms with Crippen LogP contribution < -0.4 is 5.73 Å². The van der Waals surface area contributed by atoms with E-state index in [1.807, 2.05) is 0 Å². The highest BCUT2D eigenvalue weighted by atomic mass is 15.2. The van der Waals surface area contributed by atoms with E-state index < -0.39 is 0 Å². The second-order valence-electron chi connectivity index (χ2n) is 5.42. The SMILES string of the molecule is CCCC(C)(C)N1CC[C@@H](C(C)N)C1. The maximum Gasteiger partial charge on any atom is 0.0153 e. The molecule has 14 heavy (non-hydrogen) atoms. The van der Waals surface area contributed by atoms with Gasteiger partial charge < -0.3 is 5.73 Å². The van der Waals surface area contributed by atoms with E-state index in [0.29, 0.717) is 17.5 Å². The molecule has 0 aromatic carbocycles. The number of nitrogens with two attached hydrogens (primary N) is 1. The monoisotopic (exact) mass is 198 g/mol.